The summed E-state index contributed by atoms with van der Waals surface area (Å²) < 4.78 is 69.8. The molecule has 0 spiro atoms. The predicted molar refractivity (Wildman–Crippen MR) is 134 cm³/mol. The summed E-state index contributed by atoms with van der Waals surface area (Å²) in [6.45, 7) is 3.46. The molecule has 2 N–H and O–H groups in total. The normalized spacial score (nSPS) is 14.2. The molecule has 190 valence electrons. The lowest BCUT2D eigenvalue weighted by atomic mass is 9.83. The monoisotopic (exact) mass is 533 g/mol. The number of hydrogen-bond donors (Lipinski definition) is 1. The van der Waals surface area contributed by atoms with Gasteiger partial charge in [-0.05, 0) is 68.5 Å². The molecule has 11 heteroatoms. The molecule has 2 aromatic heterocycles. The van der Waals surface area contributed by atoms with E-state index in [1.165, 1.54) is 18.2 Å². The number of rotatable bonds is 8. The molecule has 0 bridgehead atoms. The summed E-state index contributed by atoms with van der Waals surface area (Å²) >= 11 is 0. The Hall–Kier alpha value is -3.02. The summed E-state index contributed by atoms with van der Waals surface area (Å²) in [5, 5.41) is 10.1. The highest BCUT2D eigenvalue weighted by molar-refractivity contribution is 7.90. The topological polar surface area (TPSA) is 116 Å². The van der Waals surface area contributed by atoms with Gasteiger partial charge in [-0.3, -0.25) is 5.14 Å². The lowest BCUT2D eigenvalue weighted by Gasteiger charge is -2.29. The minimum absolute atomic E-state index is 0.00299. The van der Waals surface area contributed by atoms with Gasteiger partial charge in [0.05, 0.1) is 26.8 Å². The highest BCUT2D eigenvalue weighted by atomic mass is 32.2. The van der Waals surface area contributed by atoms with Gasteiger partial charge in [0.2, 0.25) is 0 Å². The average molecular weight is 534 g/mol. The summed E-state index contributed by atoms with van der Waals surface area (Å²) in [7, 11) is -5.38. The third-order valence-corrected chi connectivity index (χ3v) is 8.33. The first-order valence-electron chi connectivity index (χ1n) is 11.0. The van der Waals surface area contributed by atoms with Crippen LogP contribution in [0.15, 0.2) is 64.1 Å². The smallest absolute Gasteiger partial charge is 0.192 e. The van der Waals surface area contributed by atoms with E-state index in [0.717, 1.165) is 18.4 Å². The maximum absolute atomic E-state index is 14.8. The van der Waals surface area contributed by atoms with Crippen molar-refractivity contribution in [2.45, 2.75) is 42.4 Å². The highest BCUT2D eigenvalue weighted by Gasteiger charge is 2.32. The van der Waals surface area contributed by atoms with Gasteiger partial charge in [0.1, 0.15) is 17.3 Å². The number of benzene rings is 2. The second-order valence-corrected chi connectivity index (χ2v) is 12.9. The maximum atomic E-state index is 14.8. The zero-order valence-electron chi connectivity index (χ0n) is 19.9. The standard InChI is InChI=1S/C25H25F2N3O4S2/c1-25(2,35(28)31)14-15(12-21-20(27)9-11-23(29-21)36(3,32)33)17-6-4-5-7-18(17)24-19-13-16(26)8-10-22(19)34-30-24/h4-11,13,15H,12,14,28H2,1-3H3/t15-,35?/m0/s1. The zero-order valence-corrected chi connectivity index (χ0v) is 21.5. The molecule has 0 amide bonds. The first-order chi connectivity index (χ1) is 16.9. The van der Waals surface area contributed by atoms with Crippen molar-refractivity contribution in [1.82, 2.24) is 10.1 Å². The zero-order chi connectivity index (χ0) is 26.3. The van der Waals surface area contributed by atoms with Crippen molar-refractivity contribution in [3.05, 3.63) is 77.5 Å². The van der Waals surface area contributed by atoms with Crippen LogP contribution in [0.3, 0.4) is 0 Å². The fraction of sp³-hybridized carbons (Fsp3) is 0.280. The van der Waals surface area contributed by atoms with Crippen LogP contribution in [-0.4, -0.2) is 33.8 Å². The van der Waals surface area contributed by atoms with Crippen LogP contribution in [0, 0.1) is 11.6 Å². The molecule has 4 rings (SSSR count). The molecule has 0 saturated heterocycles. The van der Waals surface area contributed by atoms with Crippen LogP contribution >= 0.6 is 0 Å². The van der Waals surface area contributed by atoms with Crippen LogP contribution < -0.4 is 5.14 Å². The molecule has 0 aliphatic heterocycles. The van der Waals surface area contributed by atoms with Gasteiger partial charge in [-0.1, -0.05) is 29.4 Å². The van der Waals surface area contributed by atoms with Gasteiger partial charge in [-0.25, -0.2) is 26.4 Å². The van der Waals surface area contributed by atoms with Gasteiger partial charge >= 0.3 is 0 Å². The molecule has 2 aromatic carbocycles. The number of halogens is 2. The van der Waals surface area contributed by atoms with Gasteiger partial charge in [0, 0.05) is 11.8 Å². The van der Waals surface area contributed by atoms with E-state index in [2.05, 4.69) is 10.1 Å². The number of pyridine rings is 1. The van der Waals surface area contributed by atoms with Crippen LogP contribution in [0.2, 0.25) is 0 Å². The first-order valence-corrected chi connectivity index (χ1v) is 14.1. The molecular weight excluding hydrogens is 508 g/mol. The van der Waals surface area contributed by atoms with Crippen molar-refractivity contribution in [1.29, 1.82) is 0 Å². The number of nitrogens with two attached hydrogens (primary N) is 1. The Morgan fingerprint density at radius 3 is 2.53 bits per heavy atom. The van der Waals surface area contributed by atoms with E-state index in [-0.39, 0.29) is 23.6 Å². The van der Waals surface area contributed by atoms with E-state index in [4.69, 9.17) is 9.66 Å². The van der Waals surface area contributed by atoms with E-state index >= 15 is 0 Å². The molecule has 36 heavy (non-hydrogen) atoms. The number of nitrogens with zero attached hydrogens (tertiary/aromatic N) is 2. The molecule has 4 aromatic rings. The van der Waals surface area contributed by atoms with E-state index in [9.17, 15) is 21.4 Å². The first kappa shape index (κ1) is 26.1. The Bertz CT molecular complexity index is 1570. The minimum Gasteiger partial charge on any atom is -0.356 e. The fourth-order valence-electron chi connectivity index (χ4n) is 4.19. The molecular formula is C25H25F2N3O4S2. The van der Waals surface area contributed by atoms with Gasteiger partial charge in [0.15, 0.2) is 20.4 Å². The van der Waals surface area contributed by atoms with Crippen LogP contribution in [0.4, 0.5) is 8.78 Å². The maximum Gasteiger partial charge on any atom is 0.192 e. The van der Waals surface area contributed by atoms with Crippen molar-refractivity contribution in [2.24, 2.45) is 5.14 Å². The largest absolute Gasteiger partial charge is 0.356 e. The number of sulfone groups is 1. The van der Waals surface area contributed by atoms with Gasteiger partial charge in [-0.15, -0.1) is 0 Å². The highest BCUT2D eigenvalue weighted by Crippen LogP contribution is 2.39. The van der Waals surface area contributed by atoms with Crippen LogP contribution in [0.25, 0.3) is 22.2 Å². The molecule has 2 heterocycles. The number of hydrogen-bond acceptors (Lipinski definition) is 6. The van der Waals surface area contributed by atoms with Gasteiger partial charge < -0.3 is 4.52 Å². The Balaban J connectivity index is 1.88. The van der Waals surface area contributed by atoms with E-state index in [1.54, 1.807) is 32.0 Å². The molecule has 0 aliphatic carbocycles. The number of aromatic nitrogens is 2. The molecule has 2 atom stereocenters. The summed E-state index contributed by atoms with van der Waals surface area (Å²) in [5.74, 6) is -1.61. The molecule has 0 radical (unpaired) electrons. The summed E-state index contributed by atoms with van der Waals surface area (Å²) in [6.07, 6.45) is 1.25. The predicted octanol–water partition coefficient (Wildman–Crippen LogP) is 4.69. The van der Waals surface area contributed by atoms with Crippen LogP contribution in [0.5, 0.6) is 0 Å². The van der Waals surface area contributed by atoms with Gasteiger partial charge in [-0.2, -0.15) is 0 Å². The summed E-state index contributed by atoms with van der Waals surface area (Å²) in [5.41, 5.74) is 2.06. The molecule has 0 fully saturated rings. The van der Waals surface area contributed by atoms with Crippen molar-refractivity contribution < 1.29 is 25.9 Å². The van der Waals surface area contributed by atoms with Crippen molar-refractivity contribution in [3.63, 3.8) is 0 Å². The Morgan fingerprint density at radius 1 is 1.11 bits per heavy atom. The quantitative estimate of drug-likeness (QED) is 0.351. The summed E-state index contributed by atoms with van der Waals surface area (Å²) in [6, 6.07) is 13.4. The Kier molecular flexibility index (Phi) is 7.09. The van der Waals surface area contributed by atoms with Gasteiger partial charge in [0.25, 0.3) is 0 Å². The van der Waals surface area contributed by atoms with Crippen LogP contribution in [-0.2, 0) is 27.2 Å². The fourth-order valence-corrected chi connectivity index (χ4v) is 5.15. The molecule has 0 saturated carbocycles. The second kappa shape index (κ2) is 9.79. The third kappa shape index (κ3) is 5.37. The lowest BCUT2D eigenvalue weighted by Crippen LogP contribution is -2.34. The Morgan fingerprint density at radius 2 is 1.83 bits per heavy atom. The molecule has 1 unspecified atom stereocenters. The van der Waals surface area contributed by atoms with E-state index in [1.807, 2.05) is 6.07 Å². The van der Waals surface area contributed by atoms with E-state index < -0.39 is 43.1 Å². The van der Waals surface area contributed by atoms with Crippen molar-refractivity contribution >= 4 is 31.8 Å². The third-order valence-electron chi connectivity index (χ3n) is 6.08. The van der Waals surface area contributed by atoms with Crippen molar-refractivity contribution in [3.8, 4) is 11.3 Å². The SMILES string of the molecule is CC(C)(C[C@H](Cc1nc(S(C)(=O)=O)ccc1F)c1ccccc1-c1noc2ccc(F)cc12)S(N)=O. The minimum atomic E-state index is -3.67. The molecule has 7 nitrogen and oxygen atoms in total. The number of fused-ring (bicyclic) bond motifs is 1. The van der Waals surface area contributed by atoms with E-state index in [0.29, 0.717) is 27.8 Å². The molecule has 0 aliphatic rings. The summed E-state index contributed by atoms with van der Waals surface area (Å²) in [4.78, 5) is 4.08. The Labute approximate surface area is 210 Å². The lowest BCUT2D eigenvalue weighted by molar-refractivity contribution is 0.458. The second-order valence-electron chi connectivity index (χ2n) is 9.27. The van der Waals surface area contributed by atoms with Crippen molar-refractivity contribution in [2.75, 3.05) is 6.26 Å². The average Bonchev–Trinajstić information content (AvgIpc) is 3.22. The van der Waals surface area contributed by atoms with Crippen LogP contribution in [0.1, 0.15) is 37.4 Å².